The van der Waals surface area contributed by atoms with Crippen molar-refractivity contribution in [1.82, 2.24) is 0 Å². The zero-order valence-electron chi connectivity index (χ0n) is 9.47. The molecule has 3 nitrogen and oxygen atoms in total. The number of carboxylic acids is 1. The molecule has 17 heavy (non-hydrogen) atoms. The summed E-state index contributed by atoms with van der Waals surface area (Å²) in [5.41, 5.74) is 0. The molecule has 0 aliphatic heterocycles. The average molecular weight is 311 g/mol. The highest BCUT2D eigenvalue weighted by atomic mass is 79.9. The van der Waals surface area contributed by atoms with Crippen molar-refractivity contribution in [3.63, 3.8) is 0 Å². The van der Waals surface area contributed by atoms with Crippen molar-refractivity contribution < 1.29 is 23.4 Å². The van der Waals surface area contributed by atoms with Gasteiger partial charge in [0.1, 0.15) is 5.82 Å². The van der Waals surface area contributed by atoms with E-state index in [1.54, 1.807) is 0 Å². The maximum absolute atomic E-state index is 13.1. The molecule has 0 unspecified atom stereocenters. The molecule has 1 aromatic rings. The second kappa shape index (κ2) is 8.00. The summed E-state index contributed by atoms with van der Waals surface area (Å²) in [6.45, 7) is 3.83. The molecule has 0 aliphatic rings. The highest BCUT2D eigenvalue weighted by Gasteiger charge is 2.11. The van der Waals surface area contributed by atoms with Gasteiger partial charge in [0, 0.05) is 6.07 Å². The molecule has 0 atom stereocenters. The highest BCUT2D eigenvalue weighted by molar-refractivity contribution is 9.10. The number of hydrogen-bond acceptors (Lipinski definition) is 2. The molecule has 0 aromatic heterocycles. The van der Waals surface area contributed by atoms with Crippen molar-refractivity contribution in [3.8, 4) is 5.75 Å². The lowest BCUT2D eigenvalue weighted by molar-refractivity contribution is -0.137. The molecule has 0 saturated heterocycles. The molecule has 0 spiro atoms. The number of ether oxygens (including phenoxy) is 1. The highest BCUT2D eigenvalue weighted by Crippen LogP contribution is 2.29. The maximum atomic E-state index is 13.1. The molecular weight excluding hydrogens is 298 g/mol. The van der Waals surface area contributed by atoms with E-state index in [4.69, 9.17) is 9.84 Å². The predicted molar refractivity (Wildman–Crippen MR) is 63.2 cm³/mol. The first-order valence-corrected chi connectivity index (χ1v) is 5.79. The molecule has 0 saturated carbocycles. The van der Waals surface area contributed by atoms with Gasteiger partial charge in [-0.25, -0.2) is 8.78 Å². The van der Waals surface area contributed by atoms with Crippen molar-refractivity contribution in [1.29, 1.82) is 0 Å². The van der Waals surface area contributed by atoms with E-state index < -0.39 is 17.6 Å². The number of aliphatic carboxylic acids is 1. The summed E-state index contributed by atoms with van der Waals surface area (Å²) in [5, 5.41) is 8.33. The van der Waals surface area contributed by atoms with Gasteiger partial charge in [-0.1, -0.05) is 13.8 Å². The molecule has 0 aliphatic carbocycles. The lowest BCUT2D eigenvalue weighted by Gasteiger charge is -2.07. The Balaban J connectivity index is 0.00000121. The predicted octanol–water partition coefficient (Wildman–Crippen LogP) is 3.61. The molecule has 0 heterocycles. The molecule has 0 bridgehead atoms. The number of benzene rings is 1. The van der Waals surface area contributed by atoms with Gasteiger partial charge in [0.05, 0.1) is 17.5 Å². The topological polar surface area (TPSA) is 46.5 Å². The summed E-state index contributed by atoms with van der Waals surface area (Å²) in [6.07, 6.45) is -0.247. The number of rotatable bonds is 4. The summed E-state index contributed by atoms with van der Waals surface area (Å²) in [4.78, 5) is 10.2. The van der Waals surface area contributed by atoms with Crippen molar-refractivity contribution >= 4 is 21.9 Å². The molecule has 0 fully saturated rings. The second-order valence-corrected chi connectivity index (χ2v) is 3.55. The second-order valence-electron chi connectivity index (χ2n) is 2.69. The number of carbonyl (C=O) groups is 1. The Labute approximate surface area is 107 Å². The fraction of sp³-hybridized carbons (Fsp3) is 0.364. The van der Waals surface area contributed by atoms with Crippen molar-refractivity contribution in [3.05, 3.63) is 28.2 Å². The van der Waals surface area contributed by atoms with E-state index in [1.165, 1.54) is 0 Å². The fourth-order valence-corrected chi connectivity index (χ4v) is 1.43. The normalized spacial score (nSPS) is 9.24. The average Bonchev–Trinajstić information content (AvgIpc) is 2.24. The lowest BCUT2D eigenvalue weighted by atomic mass is 10.3. The van der Waals surface area contributed by atoms with E-state index in [9.17, 15) is 13.6 Å². The van der Waals surface area contributed by atoms with Gasteiger partial charge < -0.3 is 9.84 Å². The lowest BCUT2D eigenvalue weighted by Crippen LogP contribution is -2.06. The SMILES string of the molecule is CC.O=C(O)CCOc1c(F)cc(F)cc1Br. The van der Waals surface area contributed by atoms with Crippen LogP contribution in [0.3, 0.4) is 0 Å². The van der Waals surface area contributed by atoms with Gasteiger partial charge in [-0.3, -0.25) is 4.79 Å². The Morgan fingerprint density at radius 1 is 1.41 bits per heavy atom. The van der Waals surface area contributed by atoms with E-state index in [2.05, 4.69) is 15.9 Å². The summed E-state index contributed by atoms with van der Waals surface area (Å²) < 4.78 is 30.7. The smallest absolute Gasteiger partial charge is 0.306 e. The van der Waals surface area contributed by atoms with Gasteiger partial charge in [-0.2, -0.15) is 0 Å². The van der Waals surface area contributed by atoms with E-state index >= 15 is 0 Å². The van der Waals surface area contributed by atoms with Gasteiger partial charge in [0.2, 0.25) is 0 Å². The largest absolute Gasteiger partial charge is 0.489 e. The number of halogens is 3. The van der Waals surface area contributed by atoms with Gasteiger partial charge in [0.15, 0.2) is 11.6 Å². The maximum Gasteiger partial charge on any atom is 0.306 e. The van der Waals surface area contributed by atoms with Crippen LogP contribution in [-0.2, 0) is 4.79 Å². The fourth-order valence-electron chi connectivity index (χ4n) is 0.907. The molecule has 0 amide bonds. The monoisotopic (exact) mass is 310 g/mol. The summed E-state index contributed by atoms with van der Waals surface area (Å²) in [5.74, 6) is -2.83. The Morgan fingerprint density at radius 2 is 2.00 bits per heavy atom. The van der Waals surface area contributed by atoms with Crippen molar-refractivity contribution in [2.75, 3.05) is 6.61 Å². The van der Waals surface area contributed by atoms with Crippen molar-refractivity contribution in [2.45, 2.75) is 20.3 Å². The molecule has 96 valence electrons. The van der Waals surface area contributed by atoms with Crippen LogP contribution in [0.4, 0.5) is 8.78 Å². The Hall–Kier alpha value is -1.17. The third kappa shape index (κ3) is 5.63. The first-order chi connectivity index (χ1) is 8.00. The van der Waals surface area contributed by atoms with Crippen LogP contribution < -0.4 is 4.74 Å². The minimum Gasteiger partial charge on any atom is -0.489 e. The van der Waals surface area contributed by atoms with Crippen LogP contribution in [-0.4, -0.2) is 17.7 Å². The van der Waals surface area contributed by atoms with E-state index in [0.29, 0.717) is 6.07 Å². The van der Waals surface area contributed by atoms with Crippen LogP contribution in [0.1, 0.15) is 20.3 Å². The summed E-state index contributed by atoms with van der Waals surface area (Å²) in [6, 6.07) is 1.71. The third-order valence-electron chi connectivity index (χ3n) is 1.53. The Bertz CT molecular complexity index is 360. The Kier molecular flexibility index (Phi) is 7.45. The molecule has 0 radical (unpaired) electrons. The molecule has 1 rings (SSSR count). The summed E-state index contributed by atoms with van der Waals surface area (Å²) >= 11 is 2.91. The quantitative estimate of drug-likeness (QED) is 0.924. The molecule has 6 heteroatoms. The first-order valence-electron chi connectivity index (χ1n) is 5.00. The van der Waals surface area contributed by atoms with E-state index in [1.807, 2.05) is 13.8 Å². The van der Waals surface area contributed by atoms with E-state index in [-0.39, 0.29) is 23.2 Å². The van der Waals surface area contributed by atoms with Crippen LogP contribution >= 0.6 is 15.9 Å². The number of hydrogen-bond donors (Lipinski definition) is 1. The van der Waals surface area contributed by atoms with Gasteiger partial charge >= 0.3 is 5.97 Å². The van der Waals surface area contributed by atoms with Crippen LogP contribution in [0.5, 0.6) is 5.75 Å². The van der Waals surface area contributed by atoms with Gasteiger partial charge in [0.25, 0.3) is 0 Å². The third-order valence-corrected chi connectivity index (χ3v) is 2.11. The minimum absolute atomic E-state index is 0.116. The van der Waals surface area contributed by atoms with Crippen LogP contribution in [0.2, 0.25) is 0 Å². The van der Waals surface area contributed by atoms with Crippen LogP contribution in [0, 0.1) is 11.6 Å². The zero-order valence-corrected chi connectivity index (χ0v) is 11.1. The van der Waals surface area contributed by atoms with E-state index in [0.717, 1.165) is 6.07 Å². The summed E-state index contributed by atoms with van der Waals surface area (Å²) in [7, 11) is 0. The van der Waals surface area contributed by atoms with Gasteiger partial charge in [-0.05, 0) is 22.0 Å². The standard InChI is InChI=1S/C9H7BrF2O3.C2H6/c10-6-3-5(11)4-7(12)9(6)15-2-1-8(13)14;1-2/h3-4H,1-2H2,(H,13,14);1-2H3. The number of carboxylic acid groups (broad SMARTS) is 1. The van der Waals surface area contributed by atoms with Crippen molar-refractivity contribution in [2.24, 2.45) is 0 Å². The zero-order chi connectivity index (χ0) is 13.4. The first kappa shape index (κ1) is 15.8. The molecule has 1 aromatic carbocycles. The minimum atomic E-state index is -1.05. The molecule has 1 N–H and O–H groups in total. The van der Waals surface area contributed by atoms with Crippen LogP contribution in [0.15, 0.2) is 16.6 Å². The molecular formula is C11H13BrF2O3. The van der Waals surface area contributed by atoms with Gasteiger partial charge in [-0.15, -0.1) is 0 Å². The van der Waals surface area contributed by atoms with Crippen LogP contribution in [0.25, 0.3) is 0 Å². The Morgan fingerprint density at radius 3 is 2.47 bits per heavy atom.